The highest BCUT2D eigenvalue weighted by Crippen LogP contribution is 2.27. The predicted octanol–water partition coefficient (Wildman–Crippen LogP) is 4.21. The second-order valence-corrected chi connectivity index (χ2v) is 5.82. The zero-order valence-electron chi connectivity index (χ0n) is 11.0. The summed E-state index contributed by atoms with van der Waals surface area (Å²) >= 11 is 0. The Bertz CT molecular complexity index is 369. The van der Waals surface area contributed by atoms with Gasteiger partial charge < -0.3 is 0 Å². The minimum Gasteiger partial charge on any atom is -0.294 e. The molecule has 0 unspecified atom stereocenters. The van der Waals surface area contributed by atoms with Crippen LogP contribution in [0.5, 0.6) is 0 Å². The molecule has 0 heterocycles. The molecule has 0 radical (unpaired) electrons. The average molecular weight is 218 g/mol. The third kappa shape index (κ3) is 3.19. The highest BCUT2D eigenvalue weighted by molar-refractivity contribution is 5.97. The number of benzene rings is 1. The molecular formula is C15H22O. The van der Waals surface area contributed by atoms with Crippen molar-refractivity contribution in [2.24, 2.45) is 5.92 Å². The van der Waals surface area contributed by atoms with E-state index in [9.17, 15) is 4.79 Å². The van der Waals surface area contributed by atoms with Crippen molar-refractivity contribution in [1.29, 1.82) is 0 Å². The van der Waals surface area contributed by atoms with Crippen LogP contribution in [0.2, 0.25) is 0 Å². The SMILES string of the molecule is CC(C)CC(=O)c1ccccc1C(C)(C)C. The maximum Gasteiger partial charge on any atom is 0.163 e. The fourth-order valence-corrected chi connectivity index (χ4v) is 1.86. The van der Waals surface area contributed by atoms with Crippen LogP contribution in [0.4, 0.5) is 0 Å². The van der Waals surface area contributed by atoms with E-state index in [1.165, 1.54) is 0 Å². The number of ketones is 1. The molecule has 0 amide bonds. The van der Waals surface area contributed by atoms with E-state index < -0.39 is 0 Å². The summed E-state index contributed by atoms with van der Waals surface area (Å²) in [7, 11) is 0. The summed E-state index contributed by atoms with van der Waals surface area (Å²) in [4.78, 5) is 12.1. The first kappa shape index (κ1) is 13.0. The number of hydrogen-bond acceptors (Lipinski definition) is 1. The summed E-state index contributed by atoms with van der Waals surface area (Å²) in [5.41, 5.74) is 2.08. The molecule has 0 aromatic heterocycles. The Kier molecular flexibility index (Phi) is 3.90. The first-order valence-corrected chi connectivity index (χ1v) is 5.95. The minimum absolute atomic E-state index is 0.0310. The lowest BCUT2D eigenvalue weighted by atomic mass is 9.82. The molecule has 0 bridgehead atoms. The van der Waals surface area contributed by atoms with E-state index in [2.05, 4.69) is 40.7 Å². The van der Waals surface area contributed by atoms with E-state index in [1.807, 2.05) is 18.2 Å². The third-order valence-corrected chi connectivity index (χ3v) is 2.63. The topological polar surface area (TPSA) is 17.1 Å². The van der Waals surface area contributed by atoms with Crippen LogP contribution >= 0.6 is 0 Å². The highest BCUT2D eigenvalue weighted by atomic mass is 16.1. The number of carbonyl (C=O) groups is 1. The van der Waals surface area contributed by atoms with Crippen LogP contribution in [-0.4, -0.2) is 5.78 Å². The van der Waals surface area contributed by atoms with Crippen LogP contribution in [0, 0.1) is 5.92 Å². The highest BCUT2D eigenvalue weighted by Gasteiger charge is 2.21. The zero-order chi connectivity index (χ0) is 12.3. The fourth-order valence-electron chi connectivity index (χ4n) is 1.86. The smallest absolute Gasteiger partial charge is 0.163 e. The molecular weight excluding hydrogens is 196 g/mol. The maximum absolute atomic E-state index is 12.1. The lowest BCUT2D eigenvalue weighted by Crippen LogP contribution is -2.17. The number of rotatable bonds is 3. The van der Waals surface area contributed by atoms with Crippen molar-refractivity contribution >= 4 is 5.78 Å². The first-order valence-electron chi connectivity index (χ1n) is 5.95. The van der Waals surface area contributed by atoms with Gasteiger partial charge in [-0.1, -0.05) is 58.9 Å². The molecule has 88 valence electrons. The predicted molar refractivity (Wildman–Crippen MR) is 68.9 cm³/mol. The monoisotopic (exact) mass is 218 g/mol. The molecule has 1 nitrogen and oxygen atoms in total. The summed E-state index contributed by atoms with van der Waals surface area (Å²) in [5, 5.41) is 0. The van der Waals surface area contributed by atoms with Crippen molar-refractivity contribution in [2.45, 2.75) is 46.5 Å². The van der Waals surface area contributed by atoms with E-state index in [0.29, 0.717) is 12.3 Å². The number of hydrogen-bond donors (Lipinski definition) is 0. The molecule has 1 heteroatoms. The van der Waals surface area contributed by atoms with Gasteiger partial charge in [0.15, 0.2) is 5.78 Å². The van der Waals surface area contributed by atoms with Gasteiger partial charge in [-0.3, -0.25) is 4.79 Å². The van der Waals surface area contributed by atoms with Crippen LogP contribution in [0.15, 0.2) is 24.3 Å². The van der Waals surface area contributed by atoms with Crippen molar-refractivity contribution in [3.05, 3.63) is 35.4 Å². The molecule has 0 aliphatic heterocycles. The average Bonchev–Trinajstić information content (AvgIpc) is 2.15. The Morgan fingerprint density at radius 1 is 1.19 bits per heavy atom. The van der Waals surface area contributed by atoms with E-state index in [0.717, 1.165) is 11.1 Å². The molecule has 1 rings (SSSR count). The van der Waals surface area contributed by atoms with Crippen LogP contribution in [0.3, 0.4) is 0 Å². The maximum atomic E-state index is 12.1. The van der Waals surface area contributed by atoms with Crippen LogP contribution in [-0.2, 0) is 5.41 Å². The number of carbonyl (C=O) groups excluding carboxylic acids is 1. The van der Waals surface area contributed by atoms with Gasteiger partial charge in [0.05, 0.1) is 0 Å². The minimum atomic E-state index is 0.0310. The third-order valence-electron chi connectivity index (χ3n) is 2.63. The molecule has 1 aromatic rings. The summed E-state index contributed by atoms with van der Waals surface area (Å²) in [6.45, 7) is 10.6. The van der Waals surface area contributed by atoms with Gasteiger partial charge in [0.2, 0.25) is 0 Å². The Hall–Kier alpha value is -1.11. The van der Waals surface area contributed by atoms with Crippen molar-refractivity contribution in [3.63, 3.8) is 0 Å². The lowest BCUT2D eigenvalue weighted by molar-refractivity contribution is 0.0965. The second kappa shape index (κ2) is 4.82. The van der Waals surface area contributed by atoms with Crippen molar-refractivity contribution in [2.75, 3.05) is 0 Å². The van der Waals surface area contributed by atoms with Gasteiger partial charge in [0.25, 0.3) is 0 Å². The van der Waals surface area contributed by atoms with Crippen LogP contribution in [0.25, 0.3) is 0 Å². The second-order valence-electron chi connectivity index (χ2n) is 5.82. The van der Waals surface area contributed by atoms with Crippen LogP contribution in [0.1, 0.15) is 57.0 Å². The summed E-state index contributed by atoms with van der Waals surface area (Å²) in [6.07, 6.45) is 0.632. The lowest BCUT2D eigenvalue weighted by Gasteiger charge is -2.22. The van der Waals surface area contributed by atoms with E-state index in [1.54, 1.807) is 0 Å². The quantitative estimate of drug-likeness (QED) is 0.694. The Labute approximate surface area is 98.9 Å². The van der Waals surface area contributed by atoms with Crippen molar-refractivity contribution < 1.29 is 4.79 Å². The van der Waals surface area contributed by atoms with Gasteiger partial charge in [0, 0.05) is 12.0 Å². The van der Waals surface area contributed by atoms with Crippen LogP contribution < -0.4 is 0 Å². The van der Waals surface area contributed by atoms with E-state index in [4.69, 9.17) is 0 Å². The summed E-state index contributed by atoms with van der Waals surface area (Å²) < 4.78 is 0. The van der Waals surface area contributed by atoms with Crippen molar-refractivity contribution in [1.82, 2.24) is 0 Å². The molecule has 0 saturated carbocycles. The summed E-state index contributed by atoms with van der Waals surface area (Å²) in [6, 6.07) is 7.97. The molecule has 1 aromatic carbocycles. The van der Waals surface area contributed by atoms with Crippen molar-refractivity contribution in [3.8, 4) is 0 Å². The standard InChI is InChI=1S/C15H22O/c1-11(2)10-14(16)12-8-6-7-9-13(12)15(3,4)5/h6-9,11H,10H2,1-5H3. The Balaban J connectivity index is 3.09. The van der Waals surface area contributed by atoms with E-state index >= 15 is 0 Å². The molecule has 0 N–H and O–H groups in total. The van der Waals surface area contributed by atoms with Gasteiger partial charge in [-0.05, 0) is 16.9 Å². The summed E-state index contributed by atoms with van der Waals surface area (Å²) in [5.74, 6) is 0.682. The molecule has 0 atom stereocenters. The largest absolute Gasteiger partial charge is 0.294 e. The Morgan fingerprint density at radius 2 is 1.75 bits per heavy atom. The Morgan fingerprint density at radius 3 is 2.25 bits per heavy atom. The van der Waals surface area contributed by atoms with Gasteiger partial charge in [-0.25, -0.2) is 0 Å². The number of Topliss-reactive ketones (excluding diaryl/α,β-unsaturated/α-hetero) is 1. The normalized spacial score (nSPS) is 11.9. The zero-order valence-corrected chi connectivity index (χ0v) is 11.0. The van der Waals surface area contributed by atoms with Gasteiger partial charge in [-0.15, -0.1) is 0 Å². The molecule has 0 spiro atoms. The fraction of sp³-hybridized carbons (Fsp3) is 0.533. The molecule has 16 heavy (non-hydrogen) atoms. The van der Waals surface area contributed by atoms with E-state index in [-0.39, 0.29) is 11.2 Å². The van der Waals surface area contributed by atoms with Gasteiger partial charge >= 0.3 is 0 Å². The first-order chi connectivity index (χ1) is 7.32. The molecule has 0 aliphatic carbocycles. The molecule has 0 saturated heterocycles. The molecule has 0 aliphatic rings. The van der Waals surface area contributed by atoms with Gasteiger partial charge in [0.1, 0.15) is 0 Å². The van der Waals surface area contributed by atoms with Gasteiger partial charge in [-0.2, -0.15) is 0 Å². The molecule has 0 fully saturated rings.